The van der Waals surface area contributed by atoms with Crippen LogP contribution < -0.4 is 5.32 Å². The SMILES string of the molecule is Cc1nn(CCO)c(C)c1CNc1ccc2[nH]ncc2c1. The van der Waals surface area contributed by atoms with E-state index in [0.717, 1.165) is 28.0 Å². The van der Waals surface area contributed by atoms with E-state index < -0.39 is 0 Å². The Morgan fingerprint density at radius 2 is 2.19 bits per heavy atom. The van der Waals surface area contributed by atoms with Crippen LogP contribution in [0.1, 0.15) is 17.0 Å². The fourth-order valence-corrected chi connectivity index (χ4v) is 2.55. The van der Waals surface area contributed by atoms with Gasteiger partial charge in [-0.15, -0.1) is 0 Å². The lowest BCUT2D eigenvalue weighted by Crippen LogP contribution is -2.07. The highest BCUT2D eigenvalue weighted by Gasteiger charge is 2.10. The third-order valence-corrected chi connectivity index (χ3v) is 3.75. The average Bonchev–Trinajstić information content (AvgIpc) is 3.03. The Kier molecular flexibility index (Phi) is 3.62. The number of H-pyrrole nitrogens is 1. The summed E-state index contributed by atoms with van der Waals surface area (Å²) in [5.74, 6) is 0. The van der Waals surface area contributed by atoms with E-state index in [9.17, 15) is 0 Å². The molecule has 2 heterocycles. The number of hydrogen-bond donors (Lipinski definition) is 3. The molecule has 0 amide bonds. The van der Waals surface area contributed by atoms with E-state index in [1.807, 2.05) is 36.9 Å². The Hall–Kier alpha value is -2.34. The number of aryl methyl sites for hydroxylation is 1. The topological polar surface area (TPSA) is 78.8 Å². The van der Waals surface area contributed by atoms with E-state index in [2.05, 4.69) is 26.7 Å². The van der Waals surface area contributed by atoms with Crippen LogP contribution in [-0.2, 0) is 13.1 Å². The molecule has 0 saturated carbocycles. The minimum Gasteiger partial charge on any atom is -0.394 e. The van der Waals surface area contributed by atoms with E-state index >= 15 is 0 Å². The molecule has 3 rings (SSSR count). The number of benzene rings is 1. The number of aliphatic hydroxyl groups excluding tert-OH is 1. The lowest BCUT2D eigenvalue weighted by atomic mass is 10.2. The highest BCUT2D eigenvalue weighted by molar-refractivity contribution is 5.81. The van der Waals surface area contributed by atoms with Crippen LogP contribution in [0.5, 0.6) is 0 Å². The van der Waals surface area contributed by atoms with Gasteiger partial charge in [-0.2, -0.15) is 10.2 Å². The van der Waals surface area contributed by atoms with Crippen LogP contribution in [0.4, 0.5) is 5.69 Å². The van der Waals surface area contributed by atoms with Crippen molar-refractivity contribution in [2.75, 3.05) is 11.9 Å². The van der Waals surface area contributed by atoms with Crippen molar-refractivity contribution in [2.45, 2.75) is 26.9 Å². The van der Waals surface area contributed by atoms with Crippen LogP contribution in [0, 0.1) is 13.8 Å². The molecule has 6 heteroatoms. The summed E-state index contributed by atoms with van der Waals surface area (Å²) in [6.07, 6.45) is 1.82. The van der Waals surface area contributed by atoms with E-state index in [4.69, 9.17) is 5.11 Å². The molecule has 0 bridgehead atoms. The van der Waals surface area contributed by atoms with Gasteiger partial charge in [0, 0.05) is 28.9 Å². The fraction of sp³-hybridized carbons (Fsp3) is 0.333. The third kappa shape index (κ3) is 2.62. The maximum absolute atomic E-state index is 9.05. The van der Waals surface area contributed by atoms with Gasteiger partial charge < -0.3 is 10.4 Å². The van der Waals surface area contributed by atoms with Gasteiger partial charge >= 0.3 is 0 Å². The fourth-order valence-electron chi connectivity index (χ4n) is 2.55. The molecule has 0 fully saturated rings. The molecule has 0 radical (unpaired) electrons. The molecule has 3 aromatic rings. The molecular formula is C15H19N5O. The van der Waals surface area contributed by atoms with E-state index in [-0.39, 0.29) is 6.61 Å². The largest absolute Gasteiger partial charge is 0.394 e. The Morgan fingerprint density at radius 1 is 1.33 bits per heavy atom. The van der Waals surface area contributed by atoms with Crippen LogP contribution in [0.3, 0.4) is 0 Å². The molecule has 6 nitrogen and oxygen atoms in total. The first kappa shape index (κ1) is 13.6. The Bertz CT molecular complexity index is 759. The number of nitrogens with one attached hydrogen (secondary N) is 2. The normalized spacial score (nSPS) is 11.2. The molecule has 2 aromatic heterocycles. The maximum Gasteiger partial charge on any atom is 0.0651 e. The summed E-state index contributed by atoms with van der Waals surface area (Å²) in [6, 6.07) is 6.12. The van der Waals surface area contributed by atoms with Gasteiger partial charge in [0.15, 0.2) is 0 Å². The van der Waals surface area contributed by atoms with Crippen LogP contribution in [0.15, 0.2) is 24.4 Å². The predicted molar refractivity (Wildman–Crippen MR) is 82.2 cm³/mol. The van der Waals surface area contributed by atoms with Crippen LogP contribution in [0.25, 0.3) is 10.9 Å². The summed E-state index contributed by atoms with van der Waals surface area (Å²) in [7, 11) is 0. The van der Waals surface area contributed by atoms with Crippen molar-refractivity contribution in [1.29, 1.82) is 0 Å². The van der Waals surface area contributed by atoms with Crippen LogP contribution in [0.2, 0.25) is 0 Å². The lowest BCUT2D eigenvalue weighted by Gasteiger charge is -2.07. The van der Waals surface area contributed by atoms with Gasteiger partial charge in [-0.3, -0.25) is 9.78 Å². The first-order chi connectivity index (χ1) is 10.2. The van der Waals surface area contributed by atoms with E-state index in [0.29, 0.717) is 13.1 Å². The summed E-state index contributed by atoms with van der Waals surface area (Å²) < 4.78 is 1.85. The van der Waals surface area contributed by atoms with Crippen molar-refractivity contribution in [1.82, 2.24) is 20.0 Å². The zero-order chi connectivity index (χ0) is 14.8. The quantitative estimate of drug-likeness (QED) is 0.670. The average molecular weight is 285 g/mol. The molecule has 0 unspecified atom stereocenters. The van der Waals surface area contributed by atoms with Crippen molar-refractivity contribution < 1.29 is 5.11 Å². The number of nitrogens with zero attached hydrogens (tertiary/aromatic N) is 3. The van der Waals surface area contributed by atoms with Gasteiger partial charge in [0.25, 0.3) is 0 Å². The Labute approximate surface area is 122 Å². The third-order valence-electron chi connectivity index (χ3n) is 3.75. The van der Waals surface area contributed by atoms with E-state index in [1.165, 1.54) is 5.56 Å². The molecule has 0 spiro atoms. The van der Waals surface area contributed by atoms with Gasteiger partial charge in [-0.1, -0.05) is 0 Å². The van der Waals surface area contributed by atoms with Crippen molar-refractivity contribution in [3.05, 3.63) is 41.3 Å². The standard InChI is InChI=1S/C15H19N5O/c1-10-14(11(2)20(19-10)5-6-21)9-16-13-3-4-15-12(7-13)8-17-18-15/h3-4,7-8,16,21H,5-6,9H2,1-2H3,(H,17,18). The first-order valence-corrected chi connectivity index (χ1v) is 7.00. The number of aliphatic hydroxyl groups is 1. The van der Waals surface area contributed by atoms with Gasteiger partial charge in [0.1, 0.15) is 0 Å². The predicted octanol–water partition coefficient (Wildman–Crippen LogP) is 1.98. The molecular weight excluding hydrogens is 266 g/mol. The molecule has 0 aliphatic heterocycles. The molecule has 3 N–H and O–H groups in total. The van der Waals surface area contributed by atoms with Gasteiger partial charge in [0.2, 0.25) is 0 Å². The molecule has 0 saturated heterocycles. The summed E-state index contributed by atoms with van der Waals surface area (Å²) >= 11 is 0. The van der Waals surface area contributed by atoms with Crippen molar-refractivity contribution in [2.24, 2.45) is 0 Å². The summed E-state index contributed by atoms with van der Waals surface area (Å²) in [5.41, 5.74) is 5.35. The van der Waals surface area contributed by atoms with Crippen molar-refractivity contribution in [3.8, 4) is 0 Å². The summed E-state index contributed by atoms with van der Waals surface area (Å²) in [4.78, 5) is 0. The molecule has 1 aromatic carbocycles. The number of aromatic amines is 1. The smallest absolute Gasteiger partial charge is 0.0651 e. The zero-order valence-corrected chi connectivity index (χ0v) is 12.2. The molecule has 0 atom stereocenters. The minimum atomic E-state index is 0.103. The number of hydrogen-bond acceptors (Lipinski definition) is 4. The van der Waals surface area contributed by atoms with E-state index in [1.54, 1.807) is 0 Å². The number of rotatable bonds is 5. The molecule has 21 heavy (non-hydrogen) atoms. The molecule has 110 valence electrons. The van der Waals surface area contributed by atoms with Crippen molar-refractivity contribution >= 4 is 16.6 Å². The van der Waals surface area contributed by atoms with Crippen LogP contribution >= 0.6 is 0 Å². The summed E-state index contributed by atoms with van der Waals surface area (Å²) in [6.45, 7) is 5.38. The highest BCUT2D eigenvalue weighted by Crippen LogP contribution is 2.19. The van der Waals surface area contributed by atoms with Crippen LogP contribution in [-0.4, -0.2) is 31.7 Å². The second kappa shape index (κ2) is 5.57. The first-order valence-electron chi connectivity index (χ1n) is 7.00. The van der Waals surface area contributed by atoms with Crippen molar-refractivity contribution in [3.63, 3.8) is 0 Å². The monoisotopic (exact) mass is 285 g/mol. The van der Waals surface area contributed by atoms with Gasteiger partial charge in [-0.25, -0.2) is 0 Å². The summed E-state index contributed by atoms with van der Waals surface area (Å²) in [5, 5.41) is 25.0. The Balaban J connectivity index is 1.77. The van der Waals surface area contributed by atoms with Gasteiger partial charge in [0.05, 0.1) is 30.6 Å². The number of anilines is 1. The maximum atomic E-state index is 9.05. The Morgan fingerprint density at radius 3 is 3.00 bits per heavy atom. The number of aromatic nitrogens is 4. The highest BCUT2D eigenvalue weighted by atomic mass is 16.3. The second-order valence-corrected chi connectivity index (χ2v) is 5.12. The minimum absolute atomic E-state index is 0.103. The number of fused-ring (bicyclic) bond motifs is 1. The zero-order valence-electron chi connectivity index (χ0n) is 12.2. The van der Waals surface area contributed by atoms with Gasteiger partial charge in [-0.05, 0) is 32.0 Å². The second-order valence-electron chi connectivity index (χ2n) is 5.12. The molecule has 0 aliphatic rings. The lowest BCUT2D eigenvalue weighted by molar-refractivity contribution is 0.268. The molecule has 0 aliphatic carbocycles.